The standard InChI is InChI=1S/C19H30N2/c1-16-14-17-8-4-5-9-18(17)21(15-16)13-12-19(20-2)10-6-3-7-11-19/h4-5,8-9,16,20H,3,6-7,10-15H2,1-2H3. The molecular formula is C19H30N2. The Morgan fingerprint density at radius 2 is 1.95 bits per heavy atom. The molecule has 0 saturated heterocycles. The van der Waals surface area contributed by atoms with Crippen molar-refractivity contribution >= 4 is 5.69 Å². The predicted molar refractivity (Wildman–Crippen MR) is 91.0 cm³/mol. The lowest BCUT2D eigenvalue weighted by atomic mass is 9.79. The predicted octanol–water partition coefficient (Wildman–Crippen LogP) is 4.00. The van der Waals surface area contributed by atoms with E-state index in [0.717, 1.165) is 5.92 Å². The molecule has 1 aliphatic carbocycles. The molecule has 1 aliphatic heterocycles. The molecule has 1 unspecified atom stereocenters. The van der Waals surface area contributed by atoms with E-state index in [2.05, 4.69) is 48.5 Å². The Morgan fingerprint density at radius 3 is 2.71 bits per heavy atom. The van der Waals surface area contributed by atoms with Crippen molar-refractivity contribution in [3.8, 4) is 0 Å². The minimum atomic E-state index is 0.397. The fraction of sp³-hybridized carbons (Fsp3) is 0.684. The monoisotopic (exact) mass is 286 g/mol. The Bertz CT molecular complexity index is 462. The molecule has 2 heteroatoms. The summed E-state index contributed by atoms with van der Waals surface area (Å²) in [7, 11) is 2.16. The van der Waals surface area contributed by atoms with Crippen molar-refractivity contribution in [1.82, 2.24) is 5.32 Å². The second kappa shape index (κ2) is 6.39. The van der Waals surface area contributed by atoms with E-state index in [1.807, 2.05) is 0 Å². The van der Waals surface area contributed by atoms with E-state index in [-0.39, 0.29) is 0 Å². The molecule has 0 radical (unpaired) electrons. The molecular weight excluding hydrogens is 256 g/mol. The molecule has 2 aliphatic rings. The van der Waals surface area contributed by atoms with Crippen molar-refractivity contribution in [3.63, 3.8) is 0 Å². The van der Waals surface area contributed by atoms with Crippen LogP contribution in [0.4, 0.5) is 5.69 Å². The molecule has 0 bridgehead atoms. The topological polar surface area (TPSA) is 15.3 Å². The minimum absolute atomic E-state index is 0.397. The average molecular weight is 286 g/mol. The highest BCUT2D eigenvalue weighted by molar-refractivity contribution is 5.55. The fourth-order valence-electron chi connectivity index (χ4n) is 4.32. The smallest absolute Gasteiger partial charge is 0.0398 e. The van der Waals surface area contributed by atoms with Gasteiger partial charge in [0.05, 0.1) is 0 Å². The van der Waals surface area contributed by atoms with E-state index < -0.39 is 0 Å². The number of para-hydroxylation sites is 1. The first-order valence-corrected chi connectivity index (χ1v) is 8.74. The van der Waals surface area contributed by atoms with Crippen molar-refractivity contribution in [1.29, 1.82) is 0 Å². The number of rotatable bonds is 4. The van der Waals surface area contributed by atoms with Crippen LogP contribution in [-0.2, 0) is 6.42 Å². The van der Waals surface area contributed by atoms with E-state index >= 15 is 0 Å². The highest BCUT2D eigenvalue weighted by Gasteiger charge is 2.31. The summed E-state index contributed by atoms with van der Waals surface area (Å²) in [6.45, 7) is 4.80. The Balaban J connectivity index is 1.70. The normalized spacial score (nSPS) is 24.7. The quantitative estimate of drug-likeness (QED) is 0.900. The zero-order valence-electron chi connectivity index (χ0n) is 13.7. The van der Waals surface area contributed by atoms with Crippen LogP contribution in [0.3, 0.4) is 0 Å². The van der Waals surface area contributed by atoms with Gasteiger partial charge in [0.25, 0.3) is 0 Å². The molecule has 1 heterocycles. The van der Waals surface area contributed by atoms with Gasteiger partial charge < -0.3 is 10.2 Å². The lowest BCUT2D eigenvalue weighted by Gasteiger charge is -2.41. The highest BCUT2D eigenvalue weighted by Crippen LogP contribution is 2.34. The number of hydrogen-bond acceptors (Lipinski definition) is 2. The molecule has 2 nitrogen and oxygen atoms in total. The second-order valence-corrected chi connectivity index (χ2v) is 7.23. The van der Waals surface area contributed by atoms with Crippen LogP contribution in [0.25, 0.3) is 0 Å². The summed E-state index contributed by atoms with van der Waals surface area (Å²) in [5.74, 6) is 0.775. The van der Waals surface area contributed by atoms with Gasteiger partial charge in [-0.1, -0.05) is 44.4 Å². The molecule has 3 rings (SSSR count). The lowest BCUT2D eigenvalue weighted by molar-refractivity contribution is 0.231. The maximum absolute atomic E-state index is 3.67. The van der Waals surface area contributed by atoms with Crippen LogP contribution >= 0.6 is 0 Å². The van der Waals surface area contributed by atoms with Crippen molar-refractivity contribution < 1.29 is 0 Å². The SMILES string of the molecule is CNC1(CCN2CC(C)Cc3ccccc32)CCCCC1. The summed E-state index contributed by atoms with van der Waals surface area (Å²) >= 11 is 0. The van der Waals surface area contributed by atoms with E-state index in [1.54, 1.807) is 5.56 Å². The molecule has 1 N–H and O–H groups in total. The second-order valence-electron chi connectivity index (χ2n) is 7.23. The minimum Gasteiger partial charge on any atom is -0.371 e. The molecule has 21 heavy (non-hydrogen) atoms. The van der Waals surface area contributed by atoms with Gasteiger partial charge in [-0.2, -0.15) is 0 Å². The van der Waals surface area contributed by atoms with E-state index in [0.29, 0.717) is 5.54 Å². The Hall–Kier alpha value is -1.02. The molecule has 0 spiro atoms. The summed E-state index contributed by atoms with van der Waals surface area (Å²) in [4.78, 5) is 2.64. The number of benzene rings is 1. The average Bonchev–Trinajstić information content (AvgIpc) is 2.53. The van der Waals surface area contributed by atoms with Gasteiger partial charge in [-0.15, -0.1) is 0 Å². The van der Waals surface area contributed by atoms with E-state index in [9.17, 15) is 0 Å². The van der Waals surface area contributed by atoms with Gasteiger partial charge in [0.1, 0.15) is 0 Å². The van der Waals surface area contributed by atoms with Crippen molar-refractivity contribution in [2.45, 2.75) is 57.4 Å². The third kappa shape index (κ3) is 3.26. The first kappa shape index (κ1) is 14.9. The zero-order valence-corrected chi connectivity index (χ0v) is 13.7. The van der Waals surface area contributed by atoms with Crippen molar-refractivity contribution in [3.05, 3.63) is 29.8 Å². The number of nitrogens with zero attached hydrogens (tertiary/aromatic N) is 1. The number of anilines is 1. The van der Waals surface area contributed by atoms with Gasteiger partial charge >= 0.3 is 0 Å². The van der Waals surface area contributed by atoms with Crippen molar-refractivity contribution in [2.75, 3.05) is 25.0 Å². The summed E-state index contributed by atoms with van der Waals surface area (Å²) in [6, 6.07) is 9.00. The third-order valence-corrected chi connectivity index (χ3v) is 5.63. The number of hydrogen-bond donors (Lipinski definition) is 1. The van der Waals surface area contributed by atoms with Crippen LogP contribution in [0.5, 0.6) is 0 Å². The first-order valence-electron chi connectivity index (χ1n) is 8.74. The van der Waals surface area contributed by atoms with Crippen LogP contribution < -0.4 is 10.2 Å². The summed E-state index contributed by atoms with van der Waals surface area (Å²) in [6.07, 6.45) is 9.45. The molecule has 0 amide bonds. The van der Waals surface area contributed by atoms with Crippen LogP contribution in [0.15, 0.2) is 24.3 Å². The summed E-state index contributed by atoms with van der Waals surface area (Å²) in [5.41, 5.74) is 3.42. The van der Waals surface area contributed by atoms with Crippen LogP contribution in [0.2, 0.25) is 0 Å². The molecule has 1 aromatic rings. The van der Waals surface area contributed by atoms with Crippen LogP contribution in [-0.4, -0.2) is 25.7 Å². The van der Waals surface area contributed by atoms with Gasteiger partial charge in [-0.25, -0.2) is 0 Å². The van der Waals surface area contributed by atoms with Crippen LogP contribution in [0, 0.1) is 5.92 Å². The van der Waals surface area contributed by atoms with Gasteiger partial charge in [-0.3, -0.25) is 0 Å². The fourth-order valence-corrected chi connectivity index (χ4v) is 4.32. The Morgan fingerprint density at radius 1 is 1.19 bits per heavy atom. The molecule has 116 valence electrons. The molecule has 1 fully saturated rings. The zero-order chi connectivity index (χ0) is 14.7. The Labute approximate surface area is 129 Å². The molecule has 1 aromatic carbocycles. The highest BCUT2D eigenvalue weighted by atomic mass is 15.1. The van der Waals surface area contributed by atoms with Gasteiger partial charge in [0.15, 0.2) is 0 Å². The maximum atomic E-state index is 3.67. The summed E-state index contributed by atoms with van der Waals surface area (Å²) < 4.78 is 0. The summed E-state index contributed by atoms with van der Waals surface area (Å²) in [5, 5.41) is 3.67. The third-order valence-electron chi connectivity index (χ3n) is 5.63. The number of nitrogens with one attached hydrogen (secondary N) is 1. The van der Waals surface area contributed by atoms with Gasteiger partial charge in [0.2, 0.25) is 0 Å². The van der Waals surface area contributed by atoms with Gasteiger partial charge in [-0.05, 0) is 50.3 Å². The largest absolute Gasteiger partial charge is 0.371 e. The van der Waals surface area contributed by atoms with E-state index in [1.165, 1.54) is 63.7 Å². The molecule has 1 saturated carbocycles. The van der Waals surface area contributed by atoms with E-state index in [4.69, 9.17) is 0 Å². The number of fused-ring (bicyclic) bond motifs is 1. The molecule has 1 atom stereocenters. The van der Waals surface area contributed by atoms with Crippen LogP contribution in [0.1, 0.15) is 51.0 Å². The maximum Gasteiger partial charge on any atom is 0.0398 e. The van der Waals surface area contributed by atoms with Gasteiger partial charge in [0, 0.05) is 24.3 Å². The lowest BCUT2D eigenvalue weighted by Crippen LogP contribution is -2.48. The Kier molecular flexibility index (Phi) is 4.54. The first-order chi connectivity index (χ1) is 10.2. The van der Waals surface area contributed by atoms with Crippen molar-refractivity contribution in [2.24, 2.45) is 5.92 Å². The molecule has 0 aromatic heterocycles.